The van der Waals surface area contributed by atoms with Gasteiger partial charge < -0.3 is 20.1 Å². The molecule has 2 N–H and O–H groups in total. The summed E-state index contributed by atoms with van der Waals surface area (Å²) in [6.07, 6.45) is 0. The third-order valence-electron chi connectivity index (χ3n) is 3.56. The largest absolute Gasteiger partial charge is 0.496 e. The van der Waals surface area contributed by atoms with Gasteiger partial charge in [0.05, 0.1) is 14.2 Å². The van der Waals surface area contributed by atoms with E-state index in [2.05, 4.69) is 0 Å². The number of methoxy groups -OCH3 is 2. The average molecular weight is 294 g/mol. The van der Waals surface area contributed by atoms with Gasteiger partial charge in [0.1, 0.15) is 11.5 Å². The van der Waals surface area contributed by atoms with E-state index in [1.165, 1.54) is 0 Å². The predicted molar refractivity (Wildman–Crippen MR) is 84.1 cm³/mol. The van der Waals surface area contributed by atoms with E-state index >= 15 is 0 Å². The minimum Gasteiger partial charge on any atom is -0.496 e. The molecule has 118 valence electrons. The molecule has 5 heteroatoms. The molecule has 1 aromatic carbocycles. The molecular weight excluding hydrogens is 268 g/mol. The standard InChI is InChI=1S/C16H26N2O3/c1-11-13(20-5)7-12(8-14(11)21-6)15(19)18(4)10-16(2,3)9-17/h7-8H,9-10,17H2,1-6H3. The Morgan fingerprint density at radius 1 is 1.24 bits per heavy atom. The van der Waals surface area contributed by atoms with Crippen molar-refractivity contribution < 1.29 is 14.3 Å². The SMILES string of the molecule is COc1cc(C(=O)N(C)CC(C)(C)CN)cc(OC)c1C. The lowest BCUT2D eigenvalue weighted by Crippen LogP contribution is -2.39. The van der Waals surface area contributed by atoms with E-state index < -0.39 is 0 Å². The zero-order valence-electron chi connectivity index (χ0n) is 13.8. The number of hydrogen-bond acceptors (Lipinski definition) is 4. The van der Waals surface area contributed by atoms with Crippen LogP contribution in [0.5, 0.6) is 11.5 Å². The molecule has 0 radical (unpaired) electrons. The molecule has 1 rings (SSSR count). The van der Waals surface area contributed by atoms with E-state index in [-0.39, 0.29) is 11.3 Å². The number of benzene rings is 1. The summed E-state index contributed by atoms with van der Waals surface area (Å²) in [6.45, 7) is 7.07. The maximum atomic E-state index is 12.6. The second-order valence-corrected chi connectivity index (χ2v) is 6.04. The molecule has 0 saturated heterocycles. The van der Waals surface area contributed by atoms with Gasteiger partial charge in [0, 0.05) is 24.7 Å². The fourth-order valence-corrected chi connectivity index (χ4v) is 2.21. The summed E-state index contributed by atoms with van der Waals surface area (Å²) in [4.78, 5) is 14.2. The first-order valence-corrected chi connectivity index (χ1v) is 6.94. The maximum Gasteiger partial charge on any atom is 0.253 e. The molecule has 0 bridgehead atoms. The molecule has 0 aliphatic rings. The van der Waals surface area contributed by atoms with E-state index in [0.717, 1.165) is 5.56 Å². The van der Waals surface area contributed by atoms with Crippen molar-refractivity contribution in [3.05, 3.63) is 23.3 Å². The first-order chi connectivity index (χ1) is 9.75. The van der Waals surface area contributed by atoms with Crippen LogP contribution in [0.25, 0.3) is 0 Å². The number of rotatable bonds is 6. The summed E-state index contributed by atoms with van der Waals surface area (Å²) in [5.74, 6) is 1.21. The first kappa shape index (κ1) is 17.3. The van der Waals surface area contributed by atoms with Gasteiger partial charge in [0.25, 0.3) is 5.91 Å². The second-order valence-electron chi connectivity index (χ2n) is 6.04. The smallest absolute Gasteiger partial charge is 0.253 e. The molecule has 21 heavy (non-hydrogen) atoms. The van der Waals surface area contributed by atoms with E-state index in [4.69, 9.17) is 15.2 Å². The summed E-state index contributed by atoms with van der Waals surface area (Å²) >= 11 is 0. The number of amides is 1. The highest BCUT2D eigenvalue weighted by Gasteiger charge is 2.23. The number of carbonyl (C=O) groups is 1. The zero-order valence-corrected chi connectivity index (χ0v) is 13.8. The van der Waals surface area contributed by atoms with Gasteiger partial charge in [0.2, 0.25) is 0 Å². The second kappa shape index (κ2) is 6.80. The lowest BCUT2D eigenvalue weighted by atomic mass is 9.93. The Hall–Kier alpha value is -1.75. The van der Waals surface area contributed by atoms with Crippen molar-refractivity contribution in [3.63, 3.8) is 0 Å². The number of ether oxygens (including phenoxy) is 2. The molecule has 0 aromatic heterocycles. The molecule has 0 heterocycles. The van der Waals surface area contributed by atoms with Crippen molar-refractivity contribution in [1.29, 1.82) is 0 Å². The summed E-state index contributed by atoms with van der Waals surface area (Å²) < 4.78 is 10.6. The molecule has 0 saturated carbocycles. The number of carbonyl (C=O) groups excluding carboxylic acids is 1. The van der Waals surface area contributed by atoms with Crippen molar-refractivity contribution in [2.24, 2.45) is 11.1 Å². The topological polar surface area (TPSA) is 64.8 Å². The zero-order chi connectivity index (χ0) is 16.2. The van der Waals surface area contributed by atoms with Crippen LogP contribution in [-0.2, 0) is 0 Å². The van der Waals surface area contributed by atoms with Gasteiger partial charge in [-0.1, -0.05) is 13.8 Å². The Bertz CT molecular complexity index is 487. The van der Waals surface area contributed by atoms with Crippen molar-refractivity contribution in [1.82, 2.24) is 4.90 Å². The van der Waals surface area contributed by atoms with Gasteiger partial charge in [-0.2, -0.15) is 0 Å². The van der Waals surface area contributed by atoms with Gasteiger partial charge in [-0.3, -0.25) is 4.79 Å². The summed E-state index contributed by atoms with van der Waals surface area (Å²) in [5.41, 5.74) is 7.03. The Morgan fingerprint density at radius 3 is 2.10 bits per heavy atom. The number of hydrogen-bond donors (Lipinski definition) is 1. The minimum atomic E-state index is -0.122. The van der Waals surface area contributed by atoms with E-state index in [9.17, 15) is 4.79 Å². The lowest BCUT2D eigenvalue weighted by molar-refractivity contribution is 0.0740. The highest BCUT2D eigenvalue weighted by Crippen LogP contribution is 2.30. The molecule has 1 aromatic rings. The third-order valence-corrected chi connectivity index (χ3v) is 3.56. The van der Waals surface area contributed by atoms with Crippen LogP contribution in [0.4, 0.5) is 0 Å². The number of nitrogens with zero attached hydrogens (tertiary/aromatic N) is 1. The Kier molecular flexibility index (Phi) is 5.61. The summed E-state index contributed by atoms with van der Waals surface area (Å²) in [5, 5.41) is 0. The van der Waals surface area contributed by atoms with Crippen molar-refractivity contribution in [3.8, 4) is 11.5 Å². The molecule has 0 atom stereocenters. The van der Waals surface area contributed by atoms with Crippen LogP contribution in [0, 0.1) is 12.3 Å². The van der Waals surface area contributed by atoms with Crippen LogP contribution in [-0.4, -0.2) is 45.2 Å². The third kappa shape index (κ3) is 4.11. The first-order valence-electron chi connectivity index (χ1n) is 6.94. The van der Waals surface area contributed by atoms with Crippen LogP contribution in [0.2, 0.25) is 0 Å². The molecule has 0 spiro atoms. The fourth-order valence-electron chi connectivity index (χ4n) is 2.21. The number of nitrogens with two attached hydrogens (primary N) is 1. The van der Waals surface area contributed by atoms with Crippen molar-refractivity contribution in [2.45, 2.75) is 20.8 Å². The maximum absolute atomic E-state index is 12.6. The monoisotopic (exact) mass is 294 g/mol. The fraction of sp³-hybridized carbons (Fsp3) is 0.562. The molecule has 0 unspecified atom stereocenters. The molecule has 1 amide bonds. The molecule has 0 fully saturated rings. The predicted octanol–water partition coefficient (Wildman–Crippen LogP) is 2.07. The summed E-state index contributed by atoms with van der Waals surface area (Å²) in [6, 6.07) is 3.48. The van der Waals surface area contributed by atoms with Gasteiger partial charge in [-0.05, 0) is 31.0 Å². The van der Waals surface area contributed by atoms with Crippen LogP contribution in [0.15, 0.2) is 12.1 Å². The molecule has 0 aliphatic carbocycles. The van der Waals surface area contributed by atoms with Gasteiger partial charge in [-0.15, -0.1) is 0 Å². The molecule has 5 nitrogen and oxygen atoms in total. The van der Waals surface area contributed by atoms with Gasteiger partial charge in [0.15, 0.2) is 0 Å². The Balaban J connectivity index is 3.07. The van der Waals surface area contributed by atoms with E-state index in [1.807, 2.05) is 20.8 Å². The highest BCUT2D eigenvalue weighted by atomic mass is 16.5. The molecule has 0 aliphatic heterocycles. The summed E-state index contributed by atoms with van der Waals surface area (Å²) in [7, 11) is 4.94. The normalized spacial score (nSPS) is 11.2. The molecular formula is C16H26N2O3. The quantitative estimate of drug-likeness (QED) is 0.872. The Morgan fingerprint density at radius 2 is 1.71 bits per heavy atom. The van der Waals surface area contributed by atoms with Gasteiger partial charge >= 0.3 is 0 Å². The van der Waals surface area contributed by atoms with Crippen LogP contribution in [0.1, 0.15) is 29.8 Å². The van der Waals surface area contributed by atoms with Crippen LogP contribution in [0.3, 0.4) is 0 Å². The minimum absolute atomic E-state index is 0.0758. The van der Waals surface area contributed by atoms with Crippen LogP contribution >= 0.6 is 0 Å². The lowest BCUT2D eigenvalue weighted by Gasteiger charge is -2.29. The van der Waals surface area contributed by atoms with E-state index in [1.54, 1.807) is 38.3 Å². The van der Waals surface area contributed by atoms with Crippen molar-refractivity contribution in [2.75, 3.05) is 34.4 Å². The van der Waals surface area contributed by atoms with Crippen LogP contribution < -0.4 is 15.2 Å². The van der Waals surface area contributed by atoms with Gasteiger partial charge in [-0.25, -0.2) is 0 Å². The van der Waals surface area contributed by atoms with Crippen molar-refractivity contribution >= 4 is 5.91 Å². The highest BCUT2D eigenvalue weighted by molar-refractivity contribution is 5.95. The average Bonchev–Trinajstić information content (AvgIpc) is 2.46. The van der Waals surface area contributed by atoms with E-state index in [0.29, 0.717) is 30.2 Å². The Labute approximate surface area is 127 Å².